The van der Waals surface area contributed by atoms with E-state index >= 15 is 0 Å². The smallest absolute Gasteiger partial charge is 0.433 e. The fraction of sp³-hybridized carbons (Fsp3) is 0.476. The van der Waals surface area contributed by atoms with E-state index in [0.29, 0.717) is 42.5 Å². The van der Waals surface area contributed by atoms with Gasteiger partial charge >= 0.3 is 6.18 Å². The van der Waals surface area contributed by atoms with Crippen molar-refractivity contribution in [3.05, 3.63) is 52.5 Å². The number of nitrogens with zero attached hydrogens (tertiary/aromatic N) is 3. The second-order valence-electron chi connectivity index (χ2n) is 6.56. The third-order valence-corrected chi connectivity index (χ3v) is 4.29. The van der Waals surface area contributed by atoms with Crippen LogP contribution in [-0.2, 0) is 20.4 Å². The maximum atomic E-state index is 12.8. The summed E-state index contributed by atoms with van der Waals surface area (Å²) in [6.45, 7) is 4.86. The molecule has 0 aliphatic rings. The number of hydrogen-bond acceptors (Lipinski definition) is 5. The zero-order valence-corrected chi connectivity index (χ0v) is 19.3. The molecule has 0 spiro atoms. The number of likely N-dealkylation sites (N-methyl/N-ethyl adjacent to an activating group) is 1. The predicted octanol–water partition coefficient (Wildman–Crippen LogP) is 4.30. The van der Waals surface area contributed by atoms with E-state index < -0.39 is 11.9 Å². The van der Waals surface area contributed by atoms with E-state index in [9.17, 15) is 18.0 Å². The molecule has 1 aromatic heterocycles. The fourth-order valence-electron chi connectivity index (χ4n) is 2.42. The van der Waals surface area contributed by atoms with Crippen LogP contribution in [0.2, 0.25) is 0 Å². The van der Waals surface area contributed by atoms with E-state index in [0.717, 1.165) is 12.3 Å². The number of carbonyl (C=O) groups excluding carboxylic acids is 1. The number of allylic oxidation sites excluding steroid dienone is 3. The summed E-state index contributed by atoms with van der Waals surface area (Å²) in [5.74, 6) is 0.395. The average Bonchev–Trinajstić information content (AvgIpc) is 2.73. The Hall–Kier alpha value is -2.59. The van der Waals surface area contributed by atoms with Crippen molar-refractivity contribution in [1.29, 1.82) is 0 Å². The second-order valence-corrected chi connectivity index (χ2v) is 7.13. The minimum Gasteiger partial charge on any atom is -0.496 e. The monoisotopic (exact) mass is 476 g/mol. The molecule has 1 rings (SSSR count). The Bertz CT molecular complexity index is 821. The Morgan fingerprint density at radius 1 is 1.38 bits per heavy atom. The van der Waals surface area contributed by atoms with Gasteiger partial charge in [-0.15, -0.1) is 0 Å². The molecule has 7 nitrogen and oxygen atoms in total. The number of ether oxygens (including phenoxy) is 2. The molecular weight excluding hydrogens is 449 g/mol. The Balaban J connectivity index is 2.89. The van der Waals surface area contributed by atoms with E-state index in [1.807, 2.05) is 6.92 Å². The predicted molar refractivity (Wildman–Crippen MR) is 117 cm³/mol. The number of alkyl halides is 3. The molecule has 0 saturated heterocycles. The zero-order chi connectivity index (χ0) is 24.1. The number of aromatic nitrogens is 1. The van der Waals surface area contributed by atoms with E-state index in [-0.39, 0.29) is 18.2 Å². The quantitative estimate of drug-likeness (QED) is 0.129. The van der Waals surface area contributed by atoms with Crippen LogP contribution in [0.5, 0.6) is 0 Å². The summed E-state index contributed by atoms with van der Waals surface area (Å²) in [5, 5.41) is 4.60. The summed E-state index contributed by atoms with van der Waals surface area (Å²) in [4.78, 5) is 17.3. The van der Waals surface area contributed by atoms with Gasteiger partial charge in [0.05, 0.1) is 18.7 Å². The van der Waals surface area contributed by atoms with E-state index in [1.165, 1.54) is 13.2 Å². The topological polar surface area (TPSA) is 76.0 Å². The van der Waals surface area contributed by atoms with Crippen LogP contribution in [0.25, 0.3) is 0 Å². The fourth-order valence-corrected chi connectivity index (χ4v) is 2.56. The van der Waals surface area contributed by atoms with Crippen LogP contribution in [0, 0.1) is 0 Å². The lowest BCUT2D eigenvalue weighted by atomic mass is 10.2. The first-order valence-electron chi connectivity index (χ1n) is 9.86. The zero-order valence-electron chi connectivity index (χ0n) is 18.5. The van der Waals surface area contributed by atoms with Crippen LogP contribution in [0.4, 0.5) is 13.2 Å². The van der Waals surface area contributed by atoms with Crippen molar-refractivity contribution < 1.29 is 27.4 Å². The number of hydrogen-bond donors (Lipinski definition) is 1. The third-order valence-electron chi connectivity index (χ3n) is 4.10. The summed E-state index contributed by atoms with van der Waals surface area (Å²) in [5.41, 5.74) is 1.75. The molecule has 1 aromatic rings. The molecule has 0 aliphatic heterocycles. The number of nitrogens with one attached hydrogen (secondary N) is 1. The highest BCUT2D eigenvalue weighted by Crippen LogP contribution is 2.27. The molecule has 1 amide bonds. The number of rotatable bonds is 11. The molecule has 0 unspecified atom stereocenters. The van der Waals surface area contributed by atoms with Gasteiger partial charge in [0, 0.05) is 38.4 Å². The van der Waals surface area contributed by atoms with Crippen molar-refractivity contribution in [2.45, 2.75) is 32.9 Å². The summed E-state index contributed by atoms with van der Waals surface area (Å²) in [6.07, 6.45) is 0.483. The lowest BCUT2D eigenvalue weighted by Crippen LogP contribution is -2.34. The second kappa shape index (κ2) is 13.7. The minimum absolute atomic E-state index is 0.138. The molecule has 0 saturated carbocycles. The van der Waals surface area contributed by atoms with Crippen LogP contribution >= 0.6 is 11.6 Å². The molecule has 178 valence electrons. The van der Waals surface area contributed by atoms with Gasteiger partial charge in [0.25, 0.3) is 0 Å². The van der Waals surface area contributed by atoms with Crippen molar-refractivity contribution in [3.63, 3.8) is 0 Å². The van der Waals surface area contributed by atoms with Crippen LogP contribution in [0.15, 0.2) is 46.4 Å². The van der Waals surface area contributed by atoms with Gasteiger partial charge in [-0.05, 0) is 38.5 Å². The molecule has 1 heterocycles. The Labute approximate surface area is 190 Å². The normalized spacial score (nSPS) is 13.2. The number of halogens is 4. The first kappa shape index (κ1) is 27.4. The van der Waals surface area contributed by atoms with Gasteiger partial charge in [0.1, 0.15) is 11.5 Å². The van der Waals surface area contributed by atoms with E-state index in [1.54, 1.807) is 31.0 Å². The van der Waals surface area contributed by atoms with E-state index in [2.05, 4.69) is 15.5 Å². The van der Waals surface area contributed by atoms with Crippen molar-refractivity contribution in [1.82, 2.24) is 15.3 Å². The Kier molecular flexibility index (Phi) is 11.8. The van der Waals surface area contributed by atoms with Crippen molar-refractivity contribution in [2.24, 2.45) is 5.10 Å². The van der Waals surface area contributed by atoms with E-state index in [4.69, 9.17) is 21.1 Å². The highest BCUT2D eigenvalue weighted by atomic mass is 35.5. The average molecular weight is 477 g/mol. The number of hydrazone groups is 1. The number of amidine groups is 1. The van der Waals surface area contributed by atoms with Crippen LogP contribution < -0.4 is 5.43 Å². The van der Waals surface area contributed by atoms with Gasteiger partial charge in [0.15, 0.2) is 5.84 Å². The van der Waals surface area contributed by atoms with Crippen molar-refractivity contribution >= 4 is 23.3 Å². The maximum Gasteiger partial charge on any atom is 0.433 e. The number of carbonyl (C=O) groups is 1. The number of methoxy groups -OCH3 is 1. The molecule has 0 aliphatic carbocycles. The lowest BCUT2D eigenvalue weighted by molar-refractivity contribution is -0.141. The van der Waals surface area contributed by atoms with Gasteiger partial charge in [-0.2, -0.15) is 18.3 Å². The van der Waals surface area contributed by atoms with Gasteiger partial charge in [-0.1, -0.05) is 17.7 Å². The molecule has 11 heteroatoms. The van der Waals surface area contributed by atoms with Gasteiger partial charge < -0.3 is 14.4 Å². The Morgan fingerprint density at radius 3 is 2.62 bits per heavy atom. The van der Waals surface area contributed by atoms with Gasteiger partial charge in [-0.3, -0.25) is 9.78 Å². The molecule has 32 heavy (non-hydrogen) atoms. The maximum absolute atomic E-state index is 12.8. The molecular formula is C21H28ClF3N4O3. The van der Waals surface area contributed by atoms with Gasteiger partial charge in [-0.25, -0.2) is 5.43 Å². The number of pyridine rings is 1. The van der Waals surface area contributed by atoms with Crippen molar-refractivity contribution in [2.75, 3.05) is 33.9 Å². The summed E-state index contributed by atoms with van der Waals surface area (Å²) >= 11 is 5.86. The SMILES string of the molecule is CCOCCN(C)/C(=N/NC(=O)CC/C=C\C(OC)=C(C)Cl)c1ccc(C(F)(F)F)nc1. The number of amides is 1. The van der Waals surface area contributed by atoms with Crippen LogP contribution in [0.1, 0.15) is 37.9 Å². The summed E-state index contributed by atoms with van der Waals surface area (Å²) in [7, 11) is 3.18. The Morgan fingerprint density at radius 2 is 2.09 bits per heavy atom. The largest absolute Gasteiger partial charge is 0.496 e. The summed E-state index contributed by atoms with van der Waals surface area (Å²) < 4.78 is 48.8. The highest BCUT2D eigenvalue weighted by molar-refractivity contribution is 6.29. The third kappa shape index (κ3) is 9.69. The lowest BCUT2D eigenvalue weighted by Gasteiger charge is -2.21. The summed E-state index contributed by atoms with van der Waals surface area (Å²) in [6, 6.07) is 2.13. The minimum atomic E-state index is -4.54. The van der Waals surface area contributed by atoms with Crippen LogP contribution in [-0.4, -0.2) is 55.5 Å². The van der Waals surface area contributed by atoms with Crippen molar-refractivity contribution in [3.8, 4) is 0 Å². The molecule has 0 fully saturated rings. The molecule has 0 radical (unpaired) electrons. The highest BCUT2D eigenvalue weighted by Gasteiger charge is 2.32. The van der Waals surface area contributed by atoms with Gasteiger partial charge in [0.2, 0.25) is 5.91 Å². The molecule has 1 N–H and O–H groups in total. The first-order valence-corrected chi connectivity index (χ1v) is 10.2. The molecule has 0 aromatic carbocycles. The first-order chi connectivity index (χ1) is 15.1. The standard InChI is InChI=1S/C21H28ClF3N4O3/c1-5-32-13-12-29(3)20(16-10-11-18(26-14-16)21(23,24)25)28-27-19(30)9-7-6-8-17(31-4)15(2)22/h6,8,10-11,14H,5,7,9,12-13H2,1-4H3,(H,27,30)/b8-6-,17-15?,28-20+. The van der Waals surface area contributed by atoms with Crippen LogP contribution in [0.3, 0.4) is 0 Å². The molecule has 0 atom stereocenters. The molecule has 0 bridgehead atoms.